The molecule has 1 aliphatic heterocycles. The summed E-state index contributed by atoms with van der Waals surface area (Å²) in [6, 6.07) is 19.4. The van der Waals surface area contributed by atoms with Crippen molar-refractivity contribution in [3.05, 3.63) is 114 Å². The molecule has 0 bridgehead atoms. The molecule has 0 spiro atoms. The highest BCUT2D eigenvalue weighted by Gasteiger charge is 2.36. The van der Waals surface area contributed by atoms with E-state index in [0.717, 1.165) is 5.56 Å². The number of ether oxygens (including phenoxy) is 5. The Kier molecular flexibility index (Phi) is 10.4. The molecule has 1 atom stereocenters. The van der Waals surface area contributed by atoms with Gasteiger partial charge in [0.15, 0.2) is 27.8 Å². The molecule has 1 aliphatic rings. The third-order valence-electron chi connectivity index (χ3n) is 7.42. The predicted octanol–water partition coefficient (Wildman–Crippen LogP) is 5.05. The smallest absolute Gasteiger partial charge is 0.338 e. The van der Waals surface area contributed by atoms with Crippen LogP contribution in [0.15, 0.2) is 81.7 Å². The van der Waals surface area contributed by atoms with Crippen LogP contribution in [-0.4, -0.2) is 37.5 Å². The summed E-state index contributed by atoms with van der Waals surface area (Å²) in [6.45, 7) is 8.29. The Bertz CT molecular complexity index is 2060. The second kappa shape index (κ2) is 14.8. The Labute approximate surface area is 276 Å². The Hall–Kier alpha value is -5.34. The monoisotopic (exact) mass is 653 g/mol. The summed E-state index contributed by atoms with van der Waals surface area (Å²) in [5, 5.41) is 9.43. The van der Waals surface area contributed by atoms with E-state index in [1.54, 1.807) is 57.4 Å². The van der Waals surface area contributed by atoms with Crippen LogP contribution >= 0.6 is 11.3 Å². The molecule has 47 heavy (non-hydrogen) atoms. The van der Waals surface area contributed by atoms with E-state index in [1.165, 1.54) is 15.9 Å². The number of nitrogens with zero attached hydrogens (tertiary/aromatic N) is 3. The van der Waals surface area contributed by atoms with Crippen LogP contribution in [0.1, 0.15) is 56.0 Å². The number of fused-ring (bicyclic) bond motifs is 1. The van der Waals surface area contributed by atoms with Crippen LogP contribution < -0.4 is 33.8 Å². The van der Waals surface area contributed by atoms with Crippen molar-refractivity contribution >= 4 is 23.4 Å². The third-order valence-corrected chi connectivity index (χ3v) is 8.40. The van der Waals surface area contributed by atoms with Crippen LogP contribution in [0.3, 0.4) is 0 Å². The maximum Gasteiger partial charge on any atom is 0.338 e. The Morgan fingerprint density at radius 1 is 0.979 bits per heavy atom. The summed E-state index contributed by atoms with van der Waals surface area (Å²) in [6.07, 6.45) is 1.76. The lowest BCUT2D eigenvalue weighted by molar-refractivity contribution is -0.139. The van der Waals surface area contributed by atoms with Gasteiger partial charge in [0.2, 0.25) is 0 Å². The van der Waals surface area contributed by atoms with E-state index >= 15 is 0 Å². The van der Waals surface area contributed by atoms with Gasteiger partial charge in [-0.15, -0.1) is 0 Å². The fourth-order valence-electron chi connectivity index (χ4n) is 5.36. The van der Waals surface area contributed by atoms with Gasteiger partial charge in [-0.05, 0) is 63.6 Å². The molecule has 1 aromatic heterocycles. The first-order valence-electron chi connectivity index (χ1n) is 15.2. The van der Waals surface area contributed by atoms with Gasteiger partial charge in [-0.1, -0.05) is 47.7 Å². The van der Waals surface area contributed by atoms with Crippen LogP contribution in [0.2, 0.25) is 0 Å². The minimum atomic E-state index is -0.866. The maximum absolute atomic E-state index is 14.2. The van der Waals surface area contributed by atoms with Crippen molar-refractivity contribution < 1.29 is 28.5 Å². The molecule has 242 valence electrons. The molecule has 0 aliphatic carbocycles. The average molecular weight is 654 g/mol. The molecule has 0 N–H and O–H groups in total. The van der Waals surface area contributed by atoms with E-state index in [-0.39, 0.29) is 24.3 Å². The summed E-state index contributed by atoms with van der Waals surface area (Å²) in [5.41, 5.74) is 2.96. The number of carbonyl (C=O) groups excluding carboxylic acids is 1. The summed E-state index contributed by atoms with van der Waals surface area (Å²) in [4.78, 5) is 32.7. The molecule has 4 aromatic rings. The van der Waals surface area contributed by atoms with Crippen molar-refractivity contribution in [3.8, 4) is 29.1 Å². The first-order chi connectivity index (χ1) is 22.8. The molecule has 0 saturated heterocycles. The first kappa shape index (κ1) is 33.0. The normalized spacial score (nSPS) is 14.1. The zero-order valence-corrected chi connectivity index (χ0v) is 27.7. The SMILES string of the molecule is CCOC(=O)C1=C(C)N=c2s/c(=C/c3ccc(OCc4ccccc4C#N)c(OCC)c3)c(=O)n2[C@@H]1c1cccc(OC)c1OCC. The largest absolute Gasteiger partial charge is 0.493 e. The van der Waals surface area contributed by atoms with E-state index in [2.05, 4.69) is 11.1 Å². The van der Waals surface area contributed by atoms with Gasteiger partial charge in [0.1, 0.15) is 12.6 Å². The van der Waals surface area contributed by atoms with Crippen molar-refractivity contribution in [2.75, 3.05) is 26.9 Å². The fourth-order valence-corrected chi connectivity index (χ4v) is 6.40. The molecule has 5 rings (SSSR count). The Morgan fingerprint density at radius 3 is 2.49 bits per heavy atom. The number of benzene rings is 3. The number of para-hydroxylation sites is 1. The molecule has 3 aromatic carbocycles. The number of allylic oxidation sites excluding steroid dienone is 1. The highest BCUT2D eigenvalue weighted by molar-refractivity contribution is 7.07. The summed E-state index contributed by atoms with van der Waals surface area (Å²) in [5.74, 6) is 1.36. The highest BCUT2D eigenvalue weighted by atomic mass is 32.1. The van der Waals surface area contributed by atoms with Crippen molar-refractivity contribution in [2.24, 2.45) is 4.99 Å². The minimum absolute atomic E-state index is 0.163. The highest BCUT2D eigenvalue weighted by Crippen LogP contribution is 2.41. The fraction of sp³-hybridized carbons (Fsp3) is 0.278. The number of methoxy groups -OCH3 is 1. The maximum atomic E-state index is 14.2. The number of carbonyl (C=O) groups is 1. The molecule has 0 amide bonds. The molecular formula is C36H35N3O7S. The molecule has 0 unspecified atom stereocenters. The van der Waals surface area contributed by atoms with Gasteiger partial charge in [0, 0.05) is 11.1 Å². The van der Waals surface area contributed by atoms with Crippen LogP contribution in [-0.2, 0) is 16.1 Å². The average Bonchev–Trinajstić information content (AvgIpc) is 3.37. The molecular weight excluding hydrogens is 618 g/mol. The van der Waals surface area contributed by atoms with Crippen LogP contribution in [0.25, 0.3) is 6.08 Å². The number of hydrogen-bond acceptors (Lipinski definition) is 10. The lowest BCUT2D eigenvalue weighted by Crippen LogP contribution is -2.40. The Balaban J connectivity index is 1.61. The predicted molar refractivity (Wildman–Crippen MR) is 178 cm³/mol. The summed E-state index contributed by atoms with van der Waals surface area (Å²) >= 11 is 1.22. The zero-order valence-electron chi connectivity index (χ0n) is 26.9. The molecule has 2 heterocycles. The van der Waals surface area contributed by atoms with Crippen molar-refractivity contribution in [1.82, 2.24) is 4.57 Å². The number of hydrogen-bond donors (Lipinski definition) is 0. The summed E-state index contributed by atoms with van der Waals surface area (Å²) < 4.78 is 30.9. The van der Waals surface area contributed by atoms with E-state index in [1.807, 2.05) is 44.2 Å². The first-order valence-corrected chi connectivity index (χ1v) is 16.0. The molecule has 0 saturated carbocycles. The van der Waals surface area contributed by atoms with Crippen LogP contribution in [0, 0.1) is 11.3 Å². The zero-order chi connectivity index (χ0) is 33.5. The van der Waals surface area contributed by atoms with Crippen LogP contribution in [0.5, 0.6) is 23.0 Å². The van der Waals surface area contributed by atoms with Gasteiger partial charge in [0.05, 0.1) is 54.4 Å². The number of nitriles is 1. The Morgan fingerprint density at radius 2 is 1.77 bits per heavy atom. The molecule has 11 heteroatoms. The van der Waals surface area contributed by atoms with Gasteiger partial charge in [-0.25, -0.2) is 9.79 Å². The van der Waals surface area contributed by atoms with Gasteiger partial charge >= 0.3 is 5.97 Å². The lowest BCUT2D eigenvalue weighted by Gasteiger charge is -2.26. The molecule has 0 fully saturated rings. The van der Waals surface area contributed by atoms with Gasteiger partial charge < -0.3 is 23.7 Å². The summed E-state index contributed by atoms with van der Waals surface area (Å²) in [7, 11) is 1.54. The van der Waals surface area contributed by atoms with Crippen LogP contribution in [0.4, 0.5) is 0 Å². The lowest BCUT2D eigenvalue weighted by atomic mass is 9.94. The van der Waals surface area contributed by atoms with E-state index in [9.17, 15) is 14.9 Å². The van der Waals surface area contributed by atoms with Crippen molar-refractivity contribution in [1.29, 1.82) is 5.26 Å². The minimum Gasteiger partial charge on any atom is -0.493 e. The number of rotatable bonds is 12. The number of esters is 1. The third kappa shape index (κ3) is 6.78. The van der Waals surface area contributed by atoms with Gasteiger partial charge in [-0.2, -0.15) is 5.26 Å². The molecule has 0 radical (unpaired) electrons. The number of aromatic nitrogens is 1. The van der Waals surface area contributed by atoms with E-state index in [4.69, 9.17) is 23.7 Å². The second-order valence-electron chi connectivity index (χ2n) is 10.3. The number of thiazole rings is 1. The topological polar surface area (TPSA) is 121 Å². The van der Waals surface area contributed by atoms with E-state index < -0.39 is 12.0 Å². The standard InChI is InChI=1S/C36H35N3O7S/c1-6-43-29-18-23(16-17-27(29)46-21-25-13-10-9-12-24(25)20-37)19-30-34(40)39-32(26-14-11-15-28(42-5)33(26)44-7-2)31(35(41)45-8-3)22(4)38-36(39)47-30/h9-19,32H,6-8,21H2,1-5H3/b30-19+/t32-/m1/s1. The van der Waals surface area contributed by atoms with Crippen molar-refractivity contribution in [2.45, 2.75) is 40.3 Å². The van der Waals surface area contributed by atoms with Gasteiger partial charge in [-0.3, -0.25) is 9.36 Å². The quantitative estimate of drug-likeness (QED) is 0.195. The van der Waals surface area contributed by atoms with Gasteiger partial charge in [0.25, 0.3) is 5.56 Å². The van der Waals surface area contributed by atoms with Crippen molar-refractivity contribution in [3.63, 3.8) is 0 Å². The second-order valence-corrected chi connectivity index (χ2v) is 11.3. The van der Waals surface area contributed by atoms with E-state index in [0.29, 0.717) is 67.9 Å². The molecule has 10 nitrogen and oxygen atoms in total.